The molecule has 0 bridgehead atoms. The van der Waals surface area contributed by atoms with Gasteiger partial charge in [0.25, 0.3) is 0 Å². The van der Waals surface area contributed by atoms with Crippen molar-refractivity contribution in [3.05, 3.63) is 70.4 Å². The zero-order chi connectivity index (χ0) is 25.3. The van der Waals surface area contributed by atoms with E-state index in [9.17, 15) is 9.59 Å². The van der Waals surface area contributed by atoms with Crippen molar-refractivity contribution in [1.82, 2.24) is 10.7 Å². The molecule has 1 aliphatic carbocycles. The number of nitrogens with zero attached hydrogens (tertiary/aromatic N) is 1. The van der Waals surface area contributed by atoms with Gasteiger partial charge in [0.1, 0.15) is 0 Å². The minimum atomic E-state index is -0.108. The third kappa shape index (κ3) is 7.17. The molecule has 2 aromatic rings. The maximum atomic E-state index is 12.6. The summed E-state index contributed by atoms with van der Waals surface area (Å²) in [7, 11) is 0. The van der Waals surface area contributed by atoms with E-state index in [0.717, 1.165) is 53.9 Å². The van der Waals surface area contributed by atoms with Gasteiger partial charge in [0, 0.05) is 22.5 Å². The summed E-state index contributed by atoms with van der Waals surface area (Å²) in [5.41, 5.74) is 6.09. The van der Waals surface area contributed by atoms with Crippen LogP contribution in [-0.2, 0) is 16.0 Å². The predicted octanol–water partition coefficient (Wildman–Crippen LogP) is 5.55. The average Bonchev–Trinajstić information content (AvgIpc) is 3.51. The molecule has 3 unspecified atom stereocenters. The standard InChI is InChI=1S/C29H36N4O2S/c1-3-4-5-6-12-28(34)30-22-10-7-9-21(17-22)13-14-25-24-19-26(20(2)16-27(24)33-32-25)31-29(35)18-23-11-8-15-36-23/h6-15,17,20,24,26-27,33H,3-5,16,18-19H2,1-2H3,(H,30,34)(H,31,35)/b12-6+,14-13+/t20?,24?,26-,27?/m0/s1. The maximum absolute atomic E-state index is 12.6. The molecule has 6 nitrogen and oxygen atoms in total. The lowest BCUT2D eigenvalue weighted by Crippen LogP contribution is -2.49. The van der Waals surface area contributed by atoms with Crippen LogP contribution < -0.4 is 16.1 Å². The van der Waals surface area contributed by atoms with Gasteiger partial charge in [-0.15, -0.1) is 11.3 Å². The number of carbonyl (C=O) groups excluding carboxylic acids is 2. The van der Waals surface area contributed by atoms with Gasteiger partial charge < -0.3 is 16.1 Å². The van der Waals surface area contributed by atoms with Crippen LogP contribution in [-0.4, -0.2) is 29.6 Å². The summed E-state index contributed by atoms with van der Waals surface area (Å²) in [6.07, 6.45) is 13.0. The number of benzene rings is 1. The number of allylic oxidation sites excluding steroid dienone is 2. The monoisotopic (exact) mass is 504 g/mol. The molecule has 0 radical (unpaired) electrons. The molecule has 3 N–H and O–H groups in total. The first-order valence-corrected chi connectivity index (χ1v) is 13.8. The van der Waals surface area contributed by atoms with Crippen LogP contribution >= 0.6 is 11.3 Å². The highest BCUT2D eigenvalue weighted by atomic mass is 32.1. The van der Waals surface area contributed by atoms with Gasteiger partial charge in [-0.25, -0.2) is 0 Å². The number of amides is 2. The summed E-state index contributed by atoms with van der Waals surface area (Å²) < 4.78 is 0. The summed E-state index contributed by atoms with van der Waals surface area (Å²) in [5, 5.41) is 12.8. The van der Waals surface area contributed by atoms with Crippen LogP contribution in [0, 0.1) is 11.8 Å². The van der Waals surface area contributed by atoms with E-state index < -0.39 is 0 Å². The number of rotatable bonds is 10. The fourth-order valence-corrected chi connectivity index (χ4v) is 5.60. The third-order valence-corrected chi connectivity index (χ3v) is 7.78. The normalized spacial score (nSPS) is 23.3. The molecule has 1 aromatic carbocycles. The number of thiophene rings is 1. The third-order valence-electron chi connectivity index (χ3n) is 6.90. The number of fused-ring (bicyclic) bond motifs is 1. The Morgan fingerprint density at radius 1 is 1.19 bits per heavy atom. The van der Waals surface area contributed by atoms with Gasteiger partial charge in [-0.2, -0.15) is 5.10 Å². The van der Waals surface area contributed by atoms with Crippen molar-refractivity contribution in [3.8, 4) is 0 Å². The lowest BCUT2D eigenvalue weighted by atomic mass is 9.74. The number of anilines is 1. The molecule has 2 amide bonds. The zero-order valence-electron chi connectivity index (χ0n) is 21.1. The molecule has 1 fully saturated rings. The van der Waals surface area contributed by atoms with Crippen molar-refractivity contribution in [2.45, 2.75) is 64.5 Å². The SMILES string of the molecule is CCCC/C=C/C(=O)Nc1cccc(/C=C/C2=NNC3CC(C)[C@@H](NC(=O)Cc4cccs4)CC23)c1. The van der Waals surface area contributed by atoms with Gasteiger partial charge in [0.15, 0.2) is 0 Å². The minimum absolute atomic E-state index is 0.0896. The summed E-state index contributed by atoms with van der Waals surface area (Å²) in [6, 6.07) is 12.2. The van der Waals surface area contributed by atoms with Gasteiger partial charge >= 0.3 is 0 Å². The molecule has 4 rings (SSSR count). The molecule has 190 valence electrons. The van der Waals surface area contributed by atoms with Crippen LogP contribution in [0.15, 0.2) is 65.1 Å². The molecule has 4 atom stereocenters. The highest BCUT2D eigenvalue weighted by molar-refractivity contribution is 7.10. The van der Waals surface area contributed by atoms with Gasteiger partial charge in [0.2, 0.25) is 11.8 Å². The number of hydrogen-bond donors (Lipinski definition) is 3. The number of nitrogens with one attached hydrogen (secondary N) is 3. The highest BCUT2D eigenvalue weighted by Crippen LogP contribution is 2.33. The van der Waals surface area contributed by atoms with Gasteiger partial charge in [-0.05, 0) is 66.5 Å². The lowest BCUT2D eigenvalue weighted by Gasteiger charge is -2.37. The van der Waals surface area contributed by atoms with E-state index in [1.54, 1.807) is 17.4 Å². The first kappa shape index (κ1) is 25.9. The van der Waals surface area contributed by atoms with Crippen molar-refractivity contribution >= 4 is 40.6 Å². The molecule has 7 heteroatoms. The lowest BCUT2D eigenvalue weighted by molar-refractivity contribution is -0.121. The fraction of sp³-hybridized carbons (Fsp3) is 0.414. The Balaban J connectivity index is 1.34. The summed E-state index contributed by atoms with van der Waals surface area (Å²) in [5.74, 6) is 0.635. The van der Waals surface area contributed by atoms with Gasteiger partial charge in [-0.1, -0.05) is 57.0 Å². The van der Waals surface area contributed by atoms with Crippen LogP contribution in [0.1, 0.15) is 56.4 Å². The first-order chi connectivity index (χ1) is 17.5. The van der Waals surface area contributed by atoms with Crippen molar-refractivity contribution < 1.29 is 9.59 Å². The predicted molar refractivity (Wildman–Crippen MR) is 149 cm³/mol. The molecule has 0 saturated heterocycles. The minimum Gasteiger partial charge on any atom is -0.353 e. The maximum Gasteiger partial charge on any atom is 0.248 e. The Kier molecular flexibility index (Phi) is 9.11. The molecular weight excluding hydrogens is 468 g/mol. The second-order valence-corrected chi connectivity index (χ2v) is 10.8. The van der Waals surface area contributed by atoms with E-state index in [-0.39, 0.29) is 23.8 Å². The summed E-state index contributed by atoms with van der Waals surface area (Å²) in [6.45, 7) is 4.35. The molecule has 1 saturated carbocycles. The van der Waals surface area contributed by atoms with Crippen molar-refractivity contribution in [2.75, 3.05) is 5.32 Å². The quantitative estimate of drug-likeness (QED) is 0.293. The smallest absolute Gasteiger partial charge is 0.248 e. The molecule has 0 spiro atoms. The van der Waals surface area contributed by atoms with Gasteiger partial charge in [0.05, 0.1) is 18.2 Å². The Bertz CT molecular complexity index is 1120. The number of hydrazone groups is 1. The van der Waals surface area contributed by atoms with Gasteiger partial charge in [-0.3, -0.25) is 9.59 Å². The van der Waals surface area contributed by atoms with Crippen molar-refractivity contribution in [3.63, 3.8) is 0 Å². The summed E-state index contributed by atoms with van der Waals surface area (Å²) >= 11 is 1.62. The molecule has 36 heavy (non-hydrogen) atoms. The first-order valence-electron chi connectivity index (χ1n) is 12.9. The molecule has 1 aromatic heterocycles. The van der Waals surface area contributed by atoms with Crippen LogP contribution in [0.25, 0.3) is 6.08 Å². The van der Waals surface area contributed by atoms with Crippen LogP contribution in [0.4, 0.5) is 5.69 Å². The molecule has 1 aliphatic heterocycles. The van der Waals surface area contributed by atoms with E-state index in [1.165, 1.54) is 0 Å². The van der Waals surface area contributed by atoms with E-state index >= 15 is 0 Å². The second-order valence-electron chi connectivity index (χ2n) is 9.75. The number of carbonyl (C=O) groups is 2. The second kappa shape index (κ2) is 12.7. The Hall–Kier alpha value is -3.19. The molecule has 2 aliphatic rings. The Labute approximate surface area is 218 Å². The van der Waals surface area contributed by atoms with E-state index in [4.69, 9.17) is 0 Å². The van der Waals surface area contributed by atoms with E-state index in [2.05, 4.69) is 41.1 Å². The largest absolute Gasteiger partial charge is 0.353 e. The van der Waals surface area contributed by atoms with E-state index in [0.29, 0.717) is 18.4 Å². The van der Waals surface area contributed by atoms with Crippen LogP contribution in [0.2, 0.25) is 0 Å². The summed E-state index contributed by atoms with van der Waals surface area (Å²) in [4.78, 5) is 25.9. The fourth-order valence-electron chi connectivity index (χ4n) is 4.90. The molecule has 2 heterocycles. The highest BCUT2D eigenvalue weighted by Gasteiger charge is 2.40. The molecular formula is C29H36N4O2S. The zero-order valence-corrected chi connectivity index (χ0v) is 21.9. The van der Waals surface area contributed by atoms with Crippen LogP contribution in [0.5, 0.6) is 0 Å². The topological polar surface area (TPSA) is 82.6 Å². The number of unbranched alkanes of at least 4 members (excludes halogenated alkanes) is 2. The average molecular weight is 505 g/mol. The van der Waals surface area contributed by atoms with Crippen molar-refractivity contribution in [2.24, 2.45) is 16.9 Å². The van der Waals surface area contributed by atoms with Crippen molar-refractivity contribution in [1.29, 1.82) is 0 Å². The number of hydrogen-bond acceptors (Lipinski definition) is 5. The van der Waals surface area contributed by atoms with E-state index in [1.807, 2.05) is 53.9 Å². The van der Waals surface area contributed by atoms with Crippen LogP contribution in [0.3, 0.4) is 0 Å². The Morgan fingerprint density at radius 3 is 2.89 bits per heavy atom. The Morgan fingerprint density at radius 2 is 2.08 bits per heavy atom.